The SMILES string of the molecule is Cn1cc(CNC(=O)c2csc(S(C)(=O)=O)c2)c(C(F)(F)F)n1. The van der Waals surface area contributed by atoms with Gasteiger partial charge in [0.05, 0.1) is 5.56 Å². The minimum absolute atomic E-state index is 0.0139. The van der Waals surface area contributed by atoms with E-state index in [4.69, 9.17) is 0 Å². The molecule has 0 radical (unpaired) electrons. The Labute approximate surface area is 133 Å². The molecular weight excluding hydrogens is 355 g/mol. The van der Waals surface area contributed by atoms with Crippen LogP contribution in [0, 0.1) is 0 Å². The third-order valence-electron chi connectivity index (χ3n) is 2.82. The first-order chi connectivity index (χ1) is 10.5. The van der Waals surface area contributed by atoms with Gasteiger partial charge in [0.2, 0.25) is 0 Å². The standard InChI is InChI=1S/C12H12F3N3O3S2/c1-18-5-8(10(17-18)12(13,14)15)4-16-11(19)7-3-9(22-6-7)23(2,20)21/h3,5-6H,4H2,1-2H3,(H,16,19). The third kappa shape index (κ3) is 4.10. The minimum atomic E-state index is -4.62. The van der Waals surface area contributed by atoms with Gasteiger partial charge >= 0.3 is 6.18 Å². The van der Waals surface area contributed by atoms with Crippen molar-refractivity contribution in [2.75, 3.05) is 6.26 Å². The van der Waals surface area contributed by atoms with Gasteiger partial charge in [-0.2, -0.15) is 18.3 Å². The maximum Gasteiger partial charge on any atom is 0.435 e. The monoisotopic (exact) mass is 367 g/mol. The summed E-state index contributed by atoms with van der Waals surface area (Å²) in [5.74, 6) is -0.659. The summed E-state index contributed by atoms with van der Waals surface area (Å²) < 4.78 is 62.1. The molecule has 0 aliphatic heterocycles. The maximum absolute atomic E-state index is 12.8. The van der Waals surface area contributed by atoms with Crippen molar-refractivity contribution in [2.45, 2.75) is 16.9 Å². The summed E-state index contributed by atoms with van der Waals surface area (Å²) in [5.41, 5.74) is -1.16. The Kier molecular flexibility index (Phi) is 4.53. The van der Waals surface area contributed by atoms with Crippen molar-refractivity contribution in [3.8, 4) is 0 Å². The Morgan fingerprint density at radius 3 is 2.61 bits per heavy atom. The van der Waals surface area contributed by atoms with Gasteiger partial charge in [-0.25, -0.2) is 8.42 Å². The molecule has 0 saturated heterocycles. The van der Waals surface area contributed by atoms with E-state index in [1.165, 1.54) is 24.7 Å². The van der Waals surface area contributed by atoms with E-state index in [1.54, 1.807) is 0 Å². The van der Waals surface area contributed by atoms with Crippen LogP contribution in [0.25, 0.3) is 0 Å². The van der Waals surface area contributed by atoms with Gasteiger partial charge < -0.3 is 5.32 Å². The predicted octanol–water partition coefficient (Wildman–Crippen LogP) is 1.83. The molecule has 0 saturated carbocycles. The minimum Gasteiger partial charge on any atom is -0.348 e. The molecule has 0 aliphatic carbocycles. The number of nitrogens with one attached hydrogen (secondary N) is 1. The molecule has 0 fully saturated rings. The number of sulfone groups is 1. The lowest BCUT2D eigenvalue weighted by atomic mass is 10.2. The van der Waals surface area contributed by atoms with Crippen LogP contribution in [-0.4, -0.2) is 30.4 Å². The lowest BCUT2D eigenvalue weighted by Crippen LogP contribution is -2.23. The van der Waals surface area contributed by atoms with E-state index in [2.05, 4.69) is 10.4 Å². The Hall–Kier alpha value is -1.88. The fraction of sp³-hybridized carbons (Fsp3) is 0.333. The summed E-state index contributed by atoms with van der Waals surface area (Å²) in [7, 11) is -2.08. The molecule has 2 rings (SSSR count). The number of carbonyl (C=O) groups excluding carboxylic acids is 1. The van der Waals surface area contributed by atoms with E-state index in [9.17, 15) is 26.4 Å². The van der Waals surface area contributed by atoms with Crippen molar-refractivity contribution in [3.63, 3.8) is 0 Å². The average molecular weight is 367 g/mol. The summed E-state index contributed by atoms with van der Waals surface area (Å²) in [6, 6.07) is 1.18. The first-order valence-corrected chi connectivity index (χ1v) is 8.92. The lowest BCUT2D eigenvalue weighted by Gasteiger charge is -2.07. The van der Waals surface area contributed by atoms with E-state index < -0.39 is 27.6 Å². The van der Waals surface area contributed by atoms with Crippen LogP contribution in [-0.2, 0) is 29.6 Å². The number of amides is 1. The molecule has 0 unspecified atom stereocenters. The Balaban J connectivity index is 2.13. The van der Waals surface area contributed by atoms with Crippen LogP contribution in [0.2, 0.25) is 0 Å². The van der Waals surface area contributed by atoms with Crippen LogP contribution in [0.3, 0.4) is 0 Å². The molecule has 0 aromatic carbocycles. The van der Waals surface area contributed by atoms with Crippen LogP contribution in [0.5, 0.6) is 0 Å². The molecule has 11 heteroatoms. The van der Waals surface area contributed by atoms with Crippen LogP contribution in [0.15, 0.2) is 21.9 Å². The number of hydrogen-bond donors (Lipinski definition) is 1. The first-order valence-electron chi connectivity index (χ1n) is 6.15. The molecule has 6 nitrogen and oxygen atoms in total. The van der Waals surface area contributed by atoms with E-state index in [1.807, 2.05) is 0 Å². The van der Waals surface area contributed by atoms with Crippen LogP contribution >= 0.6 is 11.3 Å². The highest BCUT2D eigenvalue weighted by atomic mass is 32.2. The zero-order chi connectivity index (χ0) is 17.4. The number of aromatic nitrogens is 2. The highest BCUT2D eigenvalue weighted by molar-refractivity contribution is 7.92. The number of halogens is 3. The molecule has 1 amide bonds. The van der Waals surface area contributed by atoms with Crippen molar-refractivity contribution in [1.29, 1.82) is 0 Å². The molecule has 0 aliphatic rings. The second-order valence-corrected chi connectivity index (χ2v) is 7.94. The van der Waals surface area contributed by atoms with E-state index in [0.29, 0.717) is 0 Å². The maximum atomic E-state index is 12.8. The highest BCUT2D eigenvalue weighted by Gasteiger charge is 2.36. The predicted molar refractivity (Wildman–Crippen MR) is 76.8 cm³/mol. The van der Waals surface area contributed by atoms with Crippen molar-refractivity contribution in [2.24, 2.45) is 7.05 Å². The van der Waals surface area contributed by atoms with Gasteiger partial charge in [0.15, 0.2) is 15.5 Å². The number of nitrogens with zero attached hydrogens (tertiary/aromatic N) is 2. The van der Waals surface area contributed by atoms with Gasteiger partial charge in [0.25, 0.3) is 5.91 Å². The Bertz CT molecular complexity index is 837. The number of hydrogen-bond acceptors (Lipinski definition) is 5. The van der Waals surface area contributed by atoms with Crippen molar-refractivity contribution >= 4 is 27.1 Å². The summed E-state index contributed by atoms with van der Waals surface area (Å²) in [5, 5.41) is 6.99. The third-order valence-corrected chi connectivity index (χ3v) is 5.58. The number of thiophene rings is 1. The van der Waals surface area contributed by atoms with Gasteiger partial charge in [-0.05, 0) is 6.07 Å². The molecule has 126 valence electrons. The fourth-order valence-electron chi connectivity index (χ4n) is 1.81. The number of carbonyl (C=O) groups is 1. The summed E-state index contributed by atoms with van der Waals surface area (Å²) in [6.45, 7) is -0.369. The number of alkyl halides is 3. The van der Waals surface area contributed by atoms with Crippen molar-refractivity contribution < 1.29 is 26.4 Å². The molecule has 2 aromatic rings. The second-order valence-electron chi connectivity index (χ2n) is 4.78. The van der Waals surface area contributed by atoms with Crippen molar-refractivity contribution in [1.82, 2.24) is 15.1 Å². The summed E-state index contributed by atoms with van der Waals surface area (Å²) in [4.78, 5) is 11.9. The zero-order valence-electron chi connectivity index (χ0n) is 12.0. The van der Waals surface area contributed by atoms with Crippen LogP contribution < -0.4 is 5.32 Å². The number of aryl methyl sites for hydroxylation is 1. The fourth-order valence-corrected chi connectivity index (χ4v) is 3.61. The van der Waals surface area contributed by atoms with Crippen molar-refractivity contribution in [3.05, 3.63) is 34.5 Å². The normalized spacial score (nSPS) is 12.4. The van der Waals surface area contributed by atoms with Gasteiger partial charge in [-0.3, -0.25) is 9.48 Å². The molecule has 2 aromatic heterocycles. The van der Waals surface area contributed by atoms with Gasteiger partial charge in [0.1, 0.15) is 4.21 Å². The summed E-state index contributed by atoms with van der Waals surface area (Å²) >= 11 is 0.873. The molecule has 2 heterocycles. The lowest BCUT2D eigenvalue weighted by molar-refractivity contribution is -0.142. The number of rotatable bonds is 4. The topological polar surface area (TPSA) is 81.1 Å². The van der Waals surface area contributed by atoms with Crippen LogP contribution in [0.4, 0.5) is 13.2 Å². The average Bonchev–Trinajstić information content (AvgIpc) is 3.00. The zero-order valence-corrected chi connectivity index (χ0v) is 13.6. The van der Waals surface area contributed by atoms with Gasteiger partial charge in [0, 0.05) is 37.0 Å². The quantitative estimate of drug-likeness (QED) is 0.894. The van der Waals surface area contributed by atoms with Gasteiger partial charge in [-0.1, -0.05) is 0 Å². The largest absolute Gasteiger partial charge is 0.435 e. The molecular formula is C12H12F3N3O3S2. The Morgan fingerprint density at radius 1 is 1.43 bits per heavy atom. The highest BCUT2D eigenvalue weighted by Crippen LogP contribution is 2.30. The molecule has 0 atom stereocenters. The molecule has 1 N–H and O–H groups in total. The first kappa shape index (κ1) is 17.5. The molecule has 0 bridgehead atoms. The van der Waals surface area contributed by atoms with E-state index in [-0.39, 0.29) is 21.9 Å². The smallest absolute Gasteiger partial charge is 0.348 e. The van der Waals surface area contributed by atoms with E-state index >= 15 is 0 Å². The van der Waals surface area contributed by atoms with E-state index in [0.717, 1.165) is 22.3 Å². The molecule has 0 spiro atoms. The Morgan fingerprint density at radius 2 is 2.09 bits per heavy atom. The van der Waals surface area contributed by atoms with Crippen LogP contribution in [0.1, 0.15) is 21.6 Å². The van der Waals surface area contributed by atoms with Gasteiger partial charge in [-0.15, -0.1) is 11.3 Å². The second kappa shape index (κ2) is 5.96. The summed E-state index contributed by atoms with van der Waals surface area (Å²) in [6.07, 6.45) is -2.45. The molecule has 23 heavy (non-hydrogen) atoms.